The molecule has 18 heavy (non-hydrogen) atoms. The summed E-state index contributed by atoms with van der Waals surface area (Å²) in [5.74, 6) is 1.03. The number of halogens is 1. The van der Waals surface area contributed by atoms with Gasteiger partial charge >= 0.3 is 0 Å². The second-order valence-corrected chi connectivity index (χ2v) is 4.37. The molecule has 2 aromatic heterocycles. The van der Waals surface area contributed by atoms with Gasteiger partial charge in [0.1, 0.15) is 10.2 Å². The quantitative estimate of drug-likeness (QED) is 0.933. The van der Waals surface area contributed by atoms with Gasteiger partial charge in [-0.3, -0.25) is 4.79 Å². The van der Waals surface area contributed by atoms with Gasteiger partial charge in [-0.25, -0.2) is 4.68 Å². The minimum atomic E-state index is -0.394. The number of methoxy groups -OCH3 is 1. The maximum atomic E-state index is 12.0. The van der Waals surface area contributed by atoms with Crippen molar-refractivity contribution in [3.05, 3.63) is 22.0 Å². The number of nitrogens with zero attached hydrogens (tertiary/aromatic N) is 3. The molecule has 2 rings (SSSR count). The lowest BCUT2D eigenvalue weighted by Gasteiger charge is -1.98. The van der Waals surface area contributed by atoms with E-state index in [0.717, 1.165) is 0 Å². The molecule has 0 aliphatic rings. The number of aromatic nitrogens is 3. The van der Waals surface area contributed by atoms with E-state index in [1.807, 2.05) is 0 Å². The van der Waals surface area contributed by atoms with Crippen LogP contribution < -0.4 is 10.1 Å². The molecule has 0 aliphatic heterocycles. The third-order valence-corrected chi connectivity index (χ3v) is 2.93. The van der Waals surface area contributed by atoms with Crippen molar-refractivity contribution < 1.29 is 14.1 Å². The smallest absolute Gasteiger partial charge is 0.278 e. The van der Waals surface area contributed by atoms with E-state index < -0.39 is 5.91 Å². The Labute approximate surface area is 111 Å². The largest absolute Gasteiger partial charge is 0.480 e. The molecule has 0 fully saturated rings. The number of ether oxygens (including phenoxy) is 1. The number of hydrogen-bond donors (Lipinski definition) is 1. The van der Waals surface area contributed by atoms with Crippen LogP contribution in [0.1, 0.15) is 16.2 Å². The second-order valence-electron chi connectivity index (χ2n) is 3.57. The lowest BCUT2D eigenvalue weighted by molar-refractivity contribution is 0.102. The number of carbonyl (C=O) groups is 1. The van der Waals surface area contributed by atoms with Gasteiger partial charge in [-0.2, -0.15) is 5.10 Å². The molecule has 2 heterocycles. The number of hydrogen-bond acceptors (Lipinski definition) is 5. The average Bonchev–Trinajstić information content (AvgIpc) is 2.83. The van der Waals surface area contributed by atoms with E-state index >= 15 is 0 Å². The molecule has 0 aromatic carbocycles. The minimum Gasteiger partial charge on any atom is -0.480 e. The number of anilines is 1. The Morgan fingerprint density at radius 3 is 2.83 bits per heavy atom. The lowest BCUT2D eigenvalue weighted by Crippen LogP contribution is -2.13. The highest BCUT2D eigenvalue weighted by molar-refractivity contribution is 9.10. The Balaban J connectivity index is 2.24. The molecule has 2 aromatic rings. The SMILES string of the molecule is COc1c(Br)c(C(=O)Nc2cc(C)on2)nn1C. The number of carbonyl (C=O) groups excluding carboxylic acids is 1. The molecule has 7 nitrogen and oxygen atoms in total. The summed E-state index contributed by atoms with van der Waals surface area (Å²) in [6.45, 7) is 1.74. The van der Waals surface area contributed by atoms with E-state index in [2.05, 4.69) is 31.5 Å². The summed E-state index contributed by atoms with van der Waals surface area (Å²) in [5.41, 5.74) is 0.218. The summed E-state index contributed by atoms with van der Waals surface area (Å²) in [7, 11) is 3.19. The Hall–Kier alpha value is -1.83. The van der Waals surface area contributed by atoms with Gasteiger partial charge in [0.05, 0.1) is 7.11 Å². The fourth-order valence-electron chi connectivity index (χ4n) is 1.45. The fourth-order valence-corrected chi connectivity index (χ4v) is 2.13. The van der Waals surface area contributed by atoms with Gasteiger partial charge in [-0.1, -0.05) is 5.16 Å². The first-order valence-corrected chi connectivity index (χ1v) is 5.83. The molecule has 0 unspecified atom stereocenters. The zero-order valence-corrected chi connectivity index (χ0v) is 11.6. The molecular formula is C10H11BrN4O3. The minimum absolute atomic E-state index is 0.218. The molecule has 0 saturated heterocycles. The zero-order chi connectivity index (χ0) is 13.3. The number of amides is 1. The number of nitrogens with one attached hydrogen (secondary N) is 1. The van der Waals surface area contributed by atoms with E-state index in [9.17, 15) is 4.79 Å². The van der Waals surface area contributed by atoms with Gasteiger partial charge in [0, 0.05) is 13.1 Å². The van der Waals surface area contributed by atoms with Crippen molar-refractivity contribution in [2.24, 2.45) is 7.05 Å². The summed E-state index contributed by atoms with van der Waals surface area (Å²) in [6.07, 6.45) is 0. The third-order valence-electron chi connectivity index (χ3n) is 2.22. The molecule has 8 heteroatoms. The summed E-state index contributed by atoms with van der Waals surface area (Å²) >= 11 is 3.27. The van der Waals surface area contributed by atoms with Crippen LogP contribution in [0.2, 0.25) is 0 Å². The maximum absolute atomic E-state index is 12.0. The monoisotopic (exact) mass is 314 g/mol. The summed E-state index contributed by atoms with van der Waals surface area (Å²) in [4.78, 5) is 12.0. The highest BCUT2D eigenvalue weighted by atomic mass is 79.9. The van der Waals surface area contributed by atoms with Crippen molar-refractivity contribution in [1.82, 2.24) is 14.9 Å². The maximum Gasteiger partial charge on any atom is 0.278 e. The van der Waals surface area contributed by atoms with Crippen LogP contribution in [0, 0.1) is 6.92 Å². The molecule has 1 N–H and O–H groups in total. The van der Waals surface area contributed by atoms with Gasteiger partial charge in [0.15, 0.2) is 11.5 Å². The van der Waals surface area contributed by atoms with E-state index in [4.69, 9.17) is 9.26 Å². The van der Waals surface area contributed by atoms with E-state index in [0.29, 0.717) is 21.9 Å². The third kappa shape index (κ3) is 2.23. The molecule has 0 saturated carbocycles. The highest BCUT2D eigenvalue weighted by Gasteiger charge is 2.21. The Morgan fingerprint density at radius 1 is 1.61 bits per heavy atom. The standard InChI is InChI=1S/C10H11BrN4O3/c1-5-4-6(14-18-5)12-9(16)8-7(11)10(17-3)15(2)13-8/h4H,1-3H3,(H,12,14,16). The van der Waals surface area contributed by atoms with Gasteiger partial charge < -0.3 is 14.6 Å². The first kappa shape index (κ1) is 12.6. The van der Waals surface area contributed by atoms with Crippen LogP contribution in [0.3, 0.4) is 0 Å². The van der Waals surface area contributed by atoms with Crippen LogP contribution in [0.15, 0.2) is 15.1 Å². The highest BCUT2D eigenvalue weighted by Crippen LogP contribution is 2.28. The fraction of sp³-hybridized carbons (Fsp3) is 0.300. The first-order valence-electron chi connectivity index (χ1n) is 5.04. The zero-order valence-electron chi connectivity index (χ0n) is 10.0. The summed E-state index contributed by atoms with van der Waals surface area (Å²) in [5, 5.41) is 10.3. The van der Waals surface area contributed by atoms with Crippen LogP contribution in [0.25, 0.3) is 0 Å². The Morgan fingerprint density at radius 2 is 2.33 bits per heavy atom. The average molecular weight is 315 g/mol. The molecule has 0 aliphatic carbocycles. The normalized spacial score (nSPS) is 10.4. The van der Waals surface area contributed by atoms with Gasteiger partial charge in [0.2, 0.25) is 5.88 Å². The molecule has 96 valence electrons. The van der Waals surface area contributed by atoms with Crippen molar-refractivity contribution in [1.29, 1.82) is 0 Å². The summed E-state index contributed by atoms with van der Waals surface area (Å²) < 4.78 is 11.9. The first-order chi connectivity index (χ1) is 8.52. The van der Waals surface area contributed by atoms with Crippen molar-refractivity contribution >= 4 is 27.7 Å². The van der Waals surface area contributed by atoms with Crippen molar-refractivity contribution in [2.45, 2.75) is 6.92 Å². The lowest BCUT2D eigenvalue weighted by atomic mass is 10.4. The molecule has 1 amide bonds. The molecule has 0 radical (unpaired) electrons. The van der Waals surface area contributed by atoms with Crippen LogP contribution in [0.5, 0.6) is 5.88 Å². The predicted molar refractivity (Wildman–Crippen MR) is 66.7 cm³/mol. The van der Waals surface area contributed by atoms with Gasteiger partial charge in [-0.15, -0.1) is 0 Å². The summed E-state index contributed by atoms with van der Waals surface area (Å²) in [6, 6.07) is 1.62. The van der Waals surface area contributed by atoms with Crippen molar-refractivity contribution in [3.63, 3.8) is 0 Å². The Bertz CT molecular complexity index is 590. The van der Waals surface area contributed by atoms with Crippen molar-refractivity contribution in [2.75, 3.05) is 12.4 Å². The Kier molecular flexibility index (Phi) is 3.37. The van der Waals surface area contributed by atoms with Crippen LogP contribution in [-0.4, -0.2) is 28.0 Å². The second kappa shape index (κ2) is 4.81. The molecule has 0 spiro atoms. The molecule has 0 atom stereocenters. The van der Waals surface area contributed by atoms with Gasteiger partial charge in [0.25, 0.3) is 5.91 Å². The topological polar surface area (TPSA) is 82.2 Å². The van der Waals surface area contributed by atoms with E-state index in [1.165, 1.54) is 11.8 Å². The van der Waals surface area contributed by atoms with Crippen LogP contribution >= 0.6 is 15.9 Å². The van der Waals surface area contributed by atoms with Gasteiger partial charge in [-0.05, 0) is 22.9 Å². The van der Waals surface area contributed by atoms with E-state index in [1.54, 1.807) is 20.0 Å². The predicted octanol–water partition coefficient (Wildman–Crippen LogP) is 1.74. The van der Waals surface area contributed by atoms with E-state index in [-0.39, 0.29) is 5.69 Å². The van der Waals surface area contributed by atoms with Crippen molar-refractivity contribution in [3.8, 4) is 5.88 Å². The molecular weight excluding hydrogens is 304 g/mol. The number of rotatable bonds is 3. The number of aryl methyl sites for hydroxylation is 2. The van der Waals surface area contributed by atoms with Crippen LogP contribution in [0.4, 0.5) is 5.82 Å². The molecule has 0 bridgehead atoms. The van der Waals surface area contributed by atoms with Crippen LogP contribution in [-0.2, 0) is 7.05 Å².